The summed E-state index contributed by atoms with van der Waals surface area (Å²) < 4.78 is 4.88. The Kier molecular flexibility index (Phi) is 3.94. The van der Waals surface area contributed by atoms with Crippen LogP contribution in [0.2, 0.25) is 0 Å². The highest BCUT2D eigenvalue weighted by atomic mass is 16.5. The first-order valence-corrected chi connectivity index (χ1v) is 5.29. The predicted octanol–water partition coefficient (Wildman–Crippen LogP) is 2.41. The third-order valence-corrected chi connectivity index (χ3v) is 2.84. The zero-order valence-electron chi connectivity index (χ0n) is 8.71. The minimum absolute atomic E-state index is 0.226. The lowest BCUT2D eigenvalue weighted by Crippen LogP contribution is -2.26. The highest BCUT2D eigenvalue weighted by molar-refractivity contribution is 5.70. The van der Waals surface area contributed by atoms with Crippen LogP contribution in [0.25, 0.3) is 0 Å². The molecule has 1 rings (SSSR count). The monoisotopic (exact) mass is 195 g/mol. The Bertz CT molecular complexity index is 236. The number of nitrogens with zero attached hydrogens (tertiary/aromatic N) is 1. The van der Waals surface area contributed by atoms with Crippen molar-refractivity contribution in [1.82, 2.24) is 0 Å². The summed E-state index contributed by atoms with van der Waals surface area (Å²) in [6.07, 6.45) is 5.29. The normalized spacial score (nSPS) is 19.7. The van der Waals surface area contributed by atoms with Crippen LogP contribution in [-0.2, 0) is 9.53 Å². The van der Waals surface area contributed by atoms with E-state index in [1.54, 1.807) is 6.92 Å². The van der Waals surface area contributed by atoms with E-state index in [9.17, 15) is 4.79 Å². The van der Waals surface area contributed by atoms with Gasteiger partial charge in [-0.2, -0.15) is 5.26 Å². The Morgan fingerprint density at radius 1 is 1.43 bits per heavy atom. The molecule has 78 valence electrons. The highest BCUT2D eigenvalue weighted by Gasteiger charge is 2.34. The maximum atomic E-state index is 11.3. The van der Waals surface area contributed by atoms with E-state index in [4.69, 9.17) is 10.00 Å². The van der Waals surface area contributed by atoms with Gasteiger partial charge in [0.15, 0.2) is 0 Å². The van der Waals surface area contributed by atoms with Gasteiger partial charge in [0.05, 0.1) is 24.5 Å². The lowest BCUT2D eigenvalue weighted by molar-refractivity contribution is -0.145. The summed E-state index contributed by atoms with van der Waals surface area (Å²) >= 11 is 0. The molecule has 1 aliphatic carbocycles. The summed E-state index contributed by atoms with van der Waals surface area (Å²) in [5.41, 5.74) is -0.426. The van der Waals surface area contributed by atoms with Crippen LogP contribution >= 0.6 is 0 Å². The molecule has 1 saturated carbocycles. The standard InChI is InChI=1S/C11H17NO2/c1-2-14-10(13)8-11(9-12)6-4-3-5-7-11/h2-8H2,1H3. The Balaban J connectivity index is 2.52. The average Bonchev–Trinajstić information content (AvgIpc) is 2.19. The van der Waals surface area contributed by atoms with E-state index >= 15 is 0 Å². The smallest absolute Gasteiger partial charge is 0.307 e. The van der Waals surface area contributed by atoms with Gasteiger partial charge >= 0.3 is 5.97 Å². The van der Waals surface area contributed by atoms with Crippen LogP contribution in [0.4, 0.5) is 0 Å². The molecule has 0 unspecified atom stereocenters. The Morgan fingerprint density at radius 2 is 2.07 bits per heavy atom. The number of esters is 1. The van der Waals surface area contributed by atoms with E-state index in [0.29, 0.717) is 6.61 Å². The summed E-state index contributed by atoms with van der Waals surface area (Å²) in [5, 5.41) is 9.10. The topological polar surface area (TPSA) is 50.1 Å². The summed E-state index contributed by atoms with van der Waals surface area (Å²) in [5.74, 6) is -0.226. The van der Waals surface area contributed by atoms with Gasteiger partial charge in [0, 0.05) is 0 Å². The number of rotatable bonds is 3. The zero-order valence-corrected chi connectivity index (χ0v) is 8.71. The van der Waals surface area contributed by atoms with E-state index in [0.717, 1.165) is 25.7 Å². The first-order valence-electron chi connectivity index (χ1n) is 5.29. The summed E-state index contributed by atoms with van der Waals surface area (Å²) in [6.45, 7) is 2.19. The minimum atomic E-state index is -0.426. The third kappa shape index (κ3) is 2.73. The van der Waals surface area contributed by atoms with E-state index in [1.807, 2.05) is 0 Å². The van der Waals surface area contributed by atoms with Crippen molar-refractivity contribution in [2.45, 2.75) is 45.4 Å². The molecule has 0 aromatic carbocycles. The predicted molar refractivity (Wildman–Crippen MR) is 52.4 cm³/mol. The fourth-order valence-electron chi connectivity index (χ4n) is 2.04. The molecule has 1 aliphatic rings. The lowest BCUT2D eigenvalue weighted by Gasteiger charge is -2.29. The van der Waals surface area contributed by atoms with Gasteiger partial charge in [-0.15, -0.1) is 0 Å². The molecule has 3 nitrogen and oxygen atoms in total. The van der Waals surface area contributed by atoms with Crippen molar-refractivity contribution in [1.29, 1.82) is 5.26 Å². The second-order valence-corrected chi connectivity index (χ2v) is 3.93. The molecule has 0 heterocycles. The SMILES string of the molecule is CCOC(=O)CC1(C#N)CCCCC1. The van der Waals surface area contributed by atoms with E-state index in [-0.39, 0.29) is 12.4 Å². The molecule has 0 aromatic heterocycles. The number of nitriles is 1. The molecule has 0 aromatic rings. The first kappa shape index (κ1) is 11.0. The van der Waals surface area contributed by atoms with Crippen LogP contribution in [-0.4, -0.2) is 12.6 Å². The fourth-order valence-corrected chi connectivity index (χ4v) is 2.04. The van der Waals surface area contributed by atoms with Gasteiger partial charge in [0.25, 0.3) is 0 Å². The van der Waals surface area contributed by atoms with Crippen LogP contribution in [0, 0.1) is 16.7 Å². The van der Waals surface area contributed by atoms with Gasteiger partial charge < -0.3 is 4.74 Å². The molecule has 0 aliphatic heterocycles. The van der Waals surface area contributed by atoms with Crippen molar-refractivity contribution in [2.75, 3.05) is 6.61 Å². The van der Waals surface area contributed by atoms with Gasteiger partial charge in [0.2, 0.25) is 0 Å². The van der Waals surface area contributed by atoms with Crippen molar-refractivity contribution >= 4 is 5.97 Å². The van der Waals surface area contributed by atoms with Crippen LogP contribution in [0.15, 0.2) is 0 Å². The number of hydrogen-bond acceptors (Lipinski definition) is 3. The van der Waals surface area contributed by atoms with E-state index in [2.05, 4.69) is 6.07 Å². The second-order valence-electron chi connectivity index (χ2n) is 3.93. The minimum Gasteiger partial charge on any atom is -0.466 e. The zero-order chi connectivity index (χ0) is 10.4. The third-order valence-electron chi connectivity index (χ3n) is 2.84. The molecule has 0 amide bonds. The van der Waals surface area contributed by atoms with Crippen molar-refractivity contribution in [2.24, 2.45) is 5.41 Å². The highest BCUT2D eigenvalue weighted by Crippen LogP contribution is 2.38. The molecule has 0 saturated heterocycles. The average molecular weight is 195 g/mol. The number of hydrogen-bond donors (Lipinski definition) is 0. The van der Waals surface area contributed by atoms with Crippen LogP contribution in [0.1, 0.15) is 45.4 Å². The summed E-state index contributed by atoms with van der Waals surface area (Å²) in [4.78, 5) is 11.3. The molecule has 3 heteroatoms. The Labute approximate surface area is 85.1 Å². The molecule has 0 N–H and O–H groups in total. The van der Waals surface area contributed by atoms with E-state index < -0.39 is 5.41 Å². The molecular weight excluding hydrogens is 178 g/mol. The quantitative estimate of drug-likeness (QED) is 0.650. The van der Waals surface area contributed by atoms with Gasteiger partial charge in [-0.3, -0.25) is 4.79 Å². The summed E-state index contributed by atoms with van der Waals surface area (Å²) in [6, 6.07) is 2.31. The molecule has 14 heavy (non-hydrogen) atoms. The van der Waals surface area contributed by atoms with Crippen LogP contribution < -0.4 is 0 Å². The van der Waals surface area contributed by atoms with Gasteiger partial charge in [-0.25, -0.2) is 0 Å². The largest absolute Gasteiger partial charge is 0.466 e. The number of carbonyl (C=O) groups excluding carboxylic acids is 1. The van der Waals surface area contributed by atoms with Crippen molar-refractivity contribution in [3.8, 4) is 6.07 Å². The van der Waals surface area contributed by atoms with E-state index in [1.165, 1.54) is 6.42 Å². The Morgan fingerprint density at radius 3 is 2.57 bits per heavy atom. The molecule has 0 atom stereocenters. The van der Waals surface area contributed by atoms with Crippen molar-refractivity contribution < 1.29 is 9.53 Å². The van der Waals surface area contributed by atoms with Crippen LogP contribution in [0.3, 0.4) is 0 Å². The summed E-state index contributed by atoms with van der Waals surface area (Å²) in [7, 11) is 0. The number of ether oxygens (including phenoxy) is 1. The van der Waals surface area contributed by atoms with Crippen molar-refractivity contribution in [3.05, 3.63) is 0 Å². The first-order chi connectivity index (χ1) is 6.72. The molecule has 0 radical (unpaired) electrons. The molecule has 0 spiro atoms. The lowest BCUT2D eigenvalue weighted by atomic mass is 9.73. The van der Waals surface area contributed by atoms with Crippen molar-refractivity contribution in [3.63, 3.8) is 0 Å². The Hall–Kier alpha value is -1.04. The molecule has 1 fully saturated rings. The van der Waals surface area contributed by atoms with Gasteiger partial charge in [-0.05, 0) is 19.8 Å². The second kappa shape index (κ2) is 4.99. The fraction of sp³-hybridized carbons (Fsp3) is 0.818. The van der Waals surface area contributed by atoms with Crippen LogP contribution in [0.5, 0.6) is 0 Å². The number of carbonyl (C=O) groups is 1. The molecular formula is C11H17NO2. The van der Waals surface area contributed by atoms with Gasteiger partial charge in [0.1, 0.15) is 0 Å². The maximum absolute atomic E-state index is 11.3. The molecule has 0 bridgehead atoms. The van der Waals surface area contributed by atoms with Gasteiger partial charge in [-0.1, -0.05) is 19.3 Å². The maximum Gasteiger partial charge on any atom is 0.307 e.